The topological polar surface area (TPSA) is 0 Å². The van der Waals surface area contributed by atoms with E-state index in [2.05, 4.69) is 60.8 Å². The molecule has 18 heavy (non-hydrogen) atoms. The van der Waals surface area contributed by atoms with Gasteiger partial charge in [-0.2, -0.15) is 0 Å². The Morgan fingerprint density at radius 3 is 2.50 bits per heavy atom. The second-order valence-electron chi connectivity index (χ2n) is 4.79. The van der Waals surface area contributed by atoms with Crippen LogP contribution in [0.4, 0.5) is 0 Å². The average Bonchev–Trinajstić information content (AvgIpc) is 2.86. The maximum absolute atomic E-state index is 2.30. The molecule has 0 fully saturated rings. The SMILES string of the molecule is Cc1ccc2ccc3ccc4sccc4c3c2c1. The third kappa shape index (κ3) is 1.31. The van der Waals surface area contributed by atoms with Gasteiger partial charge in [0.2, 0.25) is 0 Å². The van der Waals surface area contributed by atoms with Gasteiger partial charge < -0.3 is 0 Å². The molecule has 4 rings (SSSR count). The molecule has 0 bridgehead atoms. The number of hydrogen-bond donors (Lipinski definition) is 0. The molecule has 0 spiro atoms. The van der Waals surface area contributed by atoms with Gasteiger partial charge >= 0.3 is 0 Å². The van der Waals surface area contributed by atoms with Crippen molar-refractivity contribution >= 4 is 43.0 Å². The van der Waals surface area contributed by atoms with Crippen LogP contribution in [0.15, 0.2) is 53.9 Å². The summed E-state index contributed by atoms with van der Waals surface area (Å²) in [6, 6.07) is 17.8. The van der Waals surface area contributed by atoms with Crippen LogP contribution in [0, 0.1) is 6.92 Å². The predicted molar refractivity (Wildman–Crippen MR) is 81.6 cm³/mol. The van der Waals surface area contributed by atoms with Gasteiger partial charge in [0.25, 0.3) is 0 Å². The highest BCUT2D eigenvalue weighted by atomic mass is 32.1. The molecule has 1 aromatic heterocycles. The molecule has 0 aliphatic heterocycles. The second kappa shape index (κ2) is 3.56. The highest BCUT2D eigenvalue weighted by Gasteiger charge is 2.05. The maximum atomic E-state index is 2.30. The lowest BCUT2D eigenvalue weighted by Crippen LogP contribution is -1.80. The van der Waals surface area contributed by atoms with Gasteiger partial charge in [0, 0.05) is 10.1 Å². The zero-order valence-electron chi connectivity index (χ0n) is 10.1. The summed E-state index contributed by atoms with van der Waals surface area (Å²) in [7, 11) is 0. The summed E-state index contributed by atoms with van der Waals surface area (Å²) in [6.07, 6.45) is 0. The Balaban J connectivity index is 2.37. The Morgan fingerprint density at radius 2 is 1.56 bits per heavy atom. The van der Waals surface area contributed by atoms with E-state index in [1.165, 1.54) is 37.2 Å². The number of fused-ring (bicyclic) bond motifs is 5. The fraction of sp³-hybridized carbons (Fsp3) is 0.0588. The molecule has 0 nitrogen and oxygen atoms in total. The minimum atomic E-state index is 1.32. The van der Waals surface area contributed by atoms with Crippen LogP contribution in [0.2, 0.25) is 0 Å². The van der Waals surface area contributed by atoms with Gasteiger partial charge in [-0.05, 0) is 46.0 Å². The molecule has 0 saturated heterocycles. The van der Waals surface area contributed by atoms with Crippen LogP contribution in [0.25, 0.3) is 31.6 Å². The Labute approximate surface area is 109 Å². The molecule has 1 heteroatoms. The zero-order chi connectivity index (χ0) is 12.1. The first-order valence-electron chi connectivity index (χ1n) is 6.12. The van der Waals surface area contributed by atoms with Gasteiger partial charge in [-0.25, -0.2) is 0 Å². The highest BCUT2D eigenvalue weighted by molar-refractivity contribution is 7.17. The van der Waals surface area contributed by atoms with Crippen molar-refractivity contribution in [1.82, 2.24) is 0 Å². The van der Waals surface area contributed by atoms with Crippen LogP contribution in [-0.4, -0.2) is 0 Å². The van der Waals surface area contributed by atoms with Gasteiger partial charge in [0.1, 0.15) is 0 Å². The summed E-state index contributed by atoms with van der Waals surface area (Å²) in [4.78, 5) is 0. The van der Waals surface area contributed by atoms with Crippen molar-refractivity contribution < 1.29 is 0 Å². The largest absolute Gasteiger partial charge is 0.144 e. The fourth-order valence-corrected chi connectivity index (χ4v) is 3.51. The van der Waals surface area contributed by atoms with Gasteiger partial charge in [0.15, 0.2) is 0 Å². The van der Waals surface area contributed by atoms with Crippen molar-refractivity contribution in [1.29, 1.82) is 0 Å². The number of benzene rings is 3. The predicted octanol–water partition coefficient (Wildman–Crippen LogP) is 5.52. The Morgan fingerprint density at radius 1 is 0.778 bits per heavy atom. The molecular formula is C17H12S. The lowest BCUT2D eigenvalue weighted by Gasteiger charge is -2.06. The molecule has 0 atom stereocenters. The van der Waals surface area contributed by atoms with Crippen molar-refractivity contribution in [3.63, 3.8) is 0 Å². The van der Waals surface area contributed by atoms with Gasteiger partial charge in [-0.1, -0.05) is 42.0 Å². The van der Waals surface area contributed by atoms with Crippen molar-refractivity contribution in [3.05, 3.63) is 59.5 Å². The molecule has 0 N–H and O–H groups in total. The summed E-state index contributed by atoms with van der Waals surface area (Å²) in [5, 5.41) is 8.99. The van der Waals surface area contributed by atoms with E-state index in [-0.39, 0.29) is 0 Å². The summed E-state index contributed by atoms with van der Waals surface area (Å²) < 4.78 is 1.37. The average molecular weight is 248 g/mol. The highest BCUT2D eigenvalue weighted by Crippen LogP contribution is 2.34. The van der Waals surface area contributed by atoms with Crippen LogP contribution in [0.3, 0.4) is 0 Å². The standard InChI is InChI=1S/C17H12S/c1-11-2-3-12-4-5-13-6-7-16-14(8-9-18-16)17(13)15(12)10-11/h2-10H,1H3. The first-order chi connectivity index (χ1) is 8.83. The summed E-state index contributed by atoms with van der Waals surface area (Å²) in [5.41, 5.74) is 1.32. The van der Waals surface area contributed by atoms with E-state index in [1.54, 1.807) is 0 Å². The molecule has 86 valence electrons. The molecular weight excluding hydrogens is 236 g/mol. The molecule has 0 amide bonds. The Kier molecular flexibility index (Phi) is 2.00. The van der Waals surface area contributed by atoms with E-state index in [0.29, 0.717) is 0 Å². The van der Waals surface area contributed by atoms with Gasteiger partial charge in [-0.15, -0.1) is 11.3 Å². The third-order valence-electron chi connectivity index (χ3n) is 3.59. The van der Waals surface area contributed by atoms with Crippen LogP contribution >= 0.6 is 11.3 Å². The van der Waals surface area contributed by atoms with Crippen LogP contribution < -0.4 is 0 Å². The quantitative estimate of drug-likeness (QED) is 0.360. The zero-order valence-corrected chi connectivity index (χ0v) is 10.9. The van der Waals surface area contributed by atoms with Gasteiger partial charge in [-0.3, -0.25) is 0 Å². The van der Waals surface area contributed by atoms with Crippen molar-refractivity contribution in [2.45, 2.75) is 6.92 Å². The first-order valence-corrected chi connectivity index (χ1v) is 7.00. The summed E-state index contributed by atoms with van der Waals surface area (Å²) in [5.74, 6) is 0. The smallest absolute Gasteiger partial charge is 0.0349 e. The van der Waals surface area contributed by atoms with Crippen molar-refractivity contribution in [2.24, 2.45) is 0 Å². The molecule has 4 aromatic rings. The number of hydrogen-bond acceptors (Lipinski definition) is 1. The molecule has 0 saturated carbocycles. The Bertz CT molecular complexity index is 884. The van der Waals surface area contributed by atoms with Crippen LogP contribution in [0.5, 0.6) is 0 Å². The maximum Gasteiger partial charge on any atom is 0.0349 e. The van der Waals surface area contributed by atoms with E-state index in [4.69, 9.17) is 0 Å². The minimum absolute atomic E-state index is 1.32. The van der Waals surface area contributed by atoms with Crippen LogP contribution in [-0.2, 0) is 0 Å². The van der Waals surface area contributed by atoms with E-state index in [1.807, 2.05) is 11.3 Å². The summed E-state index contributed by atoms with van der Waals surface area (Å²) in [6.45, 7) is 2.16. The van der Waals surface area contributed by atoms with Crippen molar-refractivity contribution in [3.8, 4) is 0 Å². The number of aryl methyl sites for hydroxylation is 1. The monoisotopic (exact) mass is 248 g/mol. The number of rotatable bonds is 0. The second-order valence-corrected chi connectivity index (χ2v) is 5.73. The van der Waals surface area contributed by atoms with Crippen molar-refractivity contribution in [2.75, 3.05) is 0 Å². The Hall–Kier alpha value is -1.86. The lowest BCUT2D eigenvalue weighted by atomic mass is 9.98. The van der Waals surface area contributed by atoms with E-state index in [9.17, 15) is 0 Å². The molecule has 3 aromatic carbocycles. The molecule has 0 unspecified atom stereocenters. The molecule has 0 radical (unpaired) electrons. The van der Waals surface area contributed by atoms with Gasteiger partial charge in [0.05, 0.1) is 0 Å². The lowest BCUT2D eigenvalue weighted by molar-refractivity contribution is 1.51. The van der Waals surface area contributed by atoms with E-state index < -0.39 is 0 Å². The molecule has 0 aliphatic rings. The van der Waals surface area contributed by atoms with Crippen LogP contribution in [0.1, 0.15) is 5.56 Å². The molecule has 1 heterocycles. The molecule has 0 aliphatic carbocycles. The van der Waals surface area contributed by atoms with E-state index >= 15 is 0 Å². The minimum Gasteiger partial charge on any atom is -0.144 e. The summed E-state index contributed by atoms with van der Waals surface area (Å²) >= 11 is 1.81. The van der Waals surface area contributed by atoms with E-state index in [0.717, 1.165) is 0 Å². The third-order valence-corrected chi connectivity index (χ3v) is 4.47. The first kappa shape index (κ1) is 10.1. The normalized spacial score (nSPS) is 11.6. The fourth-order valence-electron chi connectivity index (χ4n) is 2.71. The number of thiophene rings is 1.